The van der Waals surface area contributed by atoms with Crippen LogP contribution in [-0.4, -0.2) is 42.0 Å². The average Bonchev–Trinajstić information content (AvgIpc) is 2.57. The van der Waals surface area contributed by atoms with Crippen LogP contribution < -0.4 is 5.32 Å². The molecule has 1 amide bonds. The summed E-state index contributed by atoms with van der Waals surface area (Å²) in [5.41, 5.74) is 1.88. The second kappa shape index (κ2) is 8.73. The summed E-state index contributed by atoms with van der Waals surface area (Å²) in [7, 11) is 0. The standard InChI is InChI=1S/C19H26FN3O/c1-4-23(5-2)11-7-6-10-21-19(24)17-12-14(3)22-18-9-8-15(20)13-16(17)18/h8-9,12-13H,4-7,10-11H2,1-3H3,(H,21,24). The fraction of sp³-hybridized carbons (Fsp3) is 0.474. The Labute approximate surface area is 143 Å². The monoisotopic (exact) mass is 331 g/mol. The van der Waals surface area contributed by atoms with E-state index in [1.165, 1.54) is 12.1 Å². The van der Waals surface area contributed by atoms with Gasteiger partial charge >= 0.3 is 0 Å². The molecule has 2 aromatic rings. The molecular formula is C19H26FN3O. The van der Waals surface area contributed by atoms with E-state index in [0.717, 1.165) is 38.2 Å². The maximum Gasteiger partial charge on any atom is 0.252 e. The largest absolute Gasteiger partial charge is 0.352 e. The summed E-state index contributed by atoms with van der Waals surface area (Å²) in [5, 5.41) is 3.50. The van der Waals surface area contributed by atoms with E-state index in [4.69, 9.17) is 0 Å². The number of amides is 1. The van der Waals surface area contributed by atoms with Crippen molar-refractivity contribution >= 4 is 16.8 Å². The number of benzene rings is 1. The molecule has 0 fully saturated rings. The third kappa shape index (κ3) is 4.74. The predicted molar refractivity (Wildman–Crippen MR) is 95.8 cm³/mol. The Morgan fingerprint density at radius 3 is 2.67 bits per heavy atom. The van der Waals surface area contributed by atoms with Crippen molar-refractivity contribution in [3.05, 3.63) is 41.3 Å². The number of carbonyl (C=O) groups excluding carboxylic acids is 1. The first kappa shape index (κ1) is 18.3. The van der Waals surface area contributed by atoms with Gasteiger partial charge in [0, 0.05) is 17.6 Å². The molecule has 0 bridgehead atoms. The third-order valence-electron chi connectivity index (χ3n) is 4.22. The molecule has 0 atom stereocenters. The quantitative estimate of drug-likeness (QED) is 0.753. The molecule has 1 heterocycles. The normalized spacial score (nSPS) is 11.2. The second-order valence-electron chi connectivity index (χ2n) is 5.96. The van der Waals surface area contributed by atoms with E-state index < -0.39 is 0 Å². The Morgan fingerprint density at radius 2 is 1.96 bits per heavy atom. The Morgan fingerprint density at radius 1 is 1.21 bits per heavy atom. The van der Waals surface area contributed by atoms with Gasteiger partial charge in [-0.15, -0.1) is 0 Å². The molecule has 0 saturated heterocycles. The van der Waals surface area contributed by atoms with Crippen LogP contribution in [0.25, 0.3) is 10.9 Å². The number of hydrogen-bond donors (Lipinski definition) is 1. The van der Waals surface area contributed by atoms with E-state index in [1.807, 2.05) is 6.92 Å². The van der Waals surface area contributed by atoms with Crippen LogP contribution in [0.5, 0.6) is 0 Å². The lowest BCUT2D eigenvalue weighted by molar-refractivity contribution is 0.0954. The van der Waals surface area contributed by atoms with E-state index in [-0.39, 0.29) is 11.7 Å². The van der Waals surface area contributed by atoms with Crippen molar-refractivity contribution in [2.75, 3.05) is 26.2 Å². The first-order valence-electron chi connectivity index (χ1n) is 8.62. The van der Waals surface area contributed by atoms with E-state index in [0.29, 0.717) is 23.0 Å². The van der Waals surface area contributed by atoms with Gasteiger partial charge in [-0.3, -0.25) is 9.78 Å². The number of unbranched alkanes of at least 4 members (excludes halogenated alkanes) is 1. The molecule has 1 aromatic heterocycles. The van der Waals surface area contributed by atoms with Gasteiger partial charge in [-0.1, -0.05) is 13.8 Å². The summed E-state index contributed by atoms with van der Waals surface area (Å²) in [6.45, 7) is 9.92. The van der Waals surface area contributed by atoms with Gasteiger partial charge in [0.1, 0.15) is 5.82 Å². The highest BCUT2D eigenvalue weighted by molar-refractivity contribution is 6.06. The van der Waals surface area contributed by atoms with Gasteiger partial charge in [0.15, 0.2) is 0 Å². The fourth-order valence-corrected chi connectivity index (χ4v) is 2.82. The lowest BCUT2D eigenvalue weighted by Crippen LogP contribution is -2.27. The van der Waals surface area contributed by atoms with Gasteiger partial charge in [0.05, 0.1) is 11.1 Å². The number of nitrogens with one attached hydrogen (secondary N) is 1. The highest BCUT2D eigenvalue weighted by Gasteiger charge is 2.12. The van der Waals surface area contributed by atoms with Crippen molar-refractivity contribution in [2.45, 2.75) is 33.6 Å². The smallest absolute Gasteiger partial charge is 0.252 e. The van der Waals surface area contributed by atoms with Crippen molar-refractivity contribution in [1.29, 1.82) is 0 Å². The van der Waals surface area contributed by atoms with E-state index >= 15 is 0 Å². The van der Waals surface area contributed by atoms with Crippen molar-refractivity contribution in [3.63, 3.8) is 0 Å². The number of fused-ring (bicyclic) bond motifs is 1. The summed E-state index contributed by atoms with van der Waals surface area (Å²) >= 11 is 0. The molecule has 0 saturated carbocycles. The first-order valence-corrected chi connectivity index (χ1v) is 8.62. The highest BCUT2D eigenvalue weighted by atomic mass is 19.1. The number of hydrogen-bond acceptors (Lipinski definition) is 3. The lowest BCUT2D eigenvalue weighted by atomic mass is 10.1. The highest BCUT2D eigenvalue weighted by Crippen LogP contribution is 2.19. The van der Waals surface area contributed by atoms with Gasteiger partial charge in [-0.25, -0.2) is 4.39 Å². The van der Waals surface area contributed by atoms with Crippen LogP contribution in [-0.2, 0) is 0 Å². The minimum atomic E-state index is -0.360. The average molecular weight is 331 g/mol. The maximum absolute atomic E-state index is 13.5. The molecule has 0 spiro atoms. The van der Waals surface area contributed by atoms with Crippen LogP contribution in [0, 0.1) is 12.7 Å². The van der Waals surface area contributed by atoms with E-state index in [9.17, 15) is 9.18 Å². The molecule has 0 unspecified atom stereocenters. The summed E-state index contributed by atoms with van der Waals surface area (Å²) in [5.74, 6) is -0.527. The topological polar surface area (TPSA) is 45.2 Å². The Balaban J connectivity index is 1.97. The van der Waals surface area contributed by atoms with Crippen LogP contribution in [0.15, 0.2) is 24.3 Å². The molecular weight excluding hydrogens is 305 g/mol. The molecule has 0 radical (unpaired) electrons. The van der Waals surface area contributed by atoms with Gasteiger partial charge in [-0.2, -0.15) is 0 Å². The molecule has 130 valence electrons. The Bertz CT molecular complexity index is 698. The Kier molecular flexibility index (Phi) is 6.67. The van der Waals surface area contributed by atoms with Crippen molar-refractivity contribution in [2.24, 2.45) is 0 Å². The maximum atomic E-state index is 13.5. The zero-order valence-electron chi connectivity index (χ0n) is 14.7. The fourth-order valence-electron chi connectivity index (χ4n) is 2.82. The van der Waals surface area contributed by atoms with Gasteiger partial charge in [0.2, 0.25) is 0 Å². The second-order valence-corrected chi connectivity index (χ2v) is 5.96. The lowest BCUT2D eigenvalue weighted by Gasteiger charge is -2.17. The number of aryl methyl sites for hydroxylation is 1. The number of halogens is 1. The zero-order valence-corrected chi connectivity index (χ0v) is 14.7. The third-order valence-corrected chi connectivity index (χ3v) is 4.22. The summed E-state index contributed by atoms with van der Waals surface area (Å²) in [6, 6.07) is 6.06. The number of nitrogens with zero attached hydrogens (tertiary/aromatic N) is 2. The van der Waals surface area contributed by atoms with Crippen molar-refractivity contribution < 1.29 is 9.18 Å². The molecule has 24 heavy (non-hydrogen) atoms. The SMILES string of the molecule is CCN(CC)CCCCNC(=O)c1cc(C)nc2ccc(F)cc12. The van der Waals surface area contributed by atoms with Crippen LogP contribution in [0.2, 0.25) is 0 Å². The van der Waals surface area contributed by atoms with Crippen LogP contribution in [0.4, 0.5) is 4.39 Å². The van der Waals surface area contributed by atoms with Crippen LogP contribution in [0.1, 0.15) is 42.7 Å². The molecule has 4 nitrogen and oxygen atoms in total. The van der Waals surface area contributed by atoms with Crippen LogP contribution >= 0.6 is 0 Å². The van der Waals surface area contributed by atoms with E-state index in [2.05, 4.69) is 29.0 Å². The number of pyridine rings is 1. The molecule has 2 rings (SSSR count). The molecule has 0 aliphatic heterocycles. The Hall–Kier alpha value is -2.01. The predicted octanol–water partition coefficient (Wildman–Crippen LogP) is 3.53. The summed E-state index contributed by atoms with van der Waals surface area (Å²) in [4.78, 5) is 19.2. The van der Waals surface area contributed by atoms with E-state index in [1.54, 1.807) is 12.1 Å². The van der Waals surface area contributed by atoms with Crippen LogP contribution in [0.3, 0.4) is 0 Å². The molecule has 1 N–H and O–H groups in total. The summed E-state index contributed by atoms with van der Waals surface area (Å²) in [6.07, 6.45) is 1.98. The number of rotatable bonds is 8. The van der Waals surface area contributed by atoms with Gasteiger partial charge in [-0.05, 0) is 63.7 Å². The van der Waals surface area contributed by atoms with Gasteiger partial charge < -0.3 is 10.2 Å². The minimum absolute atomic E-state index is 0.168. The molecule has 0 aliphatic carbocycles. The number of aromatic nitrogens is 1. The minimum Gasteiger partial charge on any atom is -0.352 e. The van der Waals surface area contributed by atoms with Gasteiger partial charge in [0.25, 0.3) is 5.91 Å². The molecule has 1 aromatic carbocycles. The first-order chi connectivity index (χ1) is 11.5. The summed E-state index contributed by atoms with van der Waals surface area (Å²) < 4.78 is 13.5. The van der Waals surface area contributed by atoms with Crippen molar-refractivity contribution in [1.82, 2.24) is 15.2 Å². The number of carbonyl (C=O) groups is 1. The zero-order chi connectivity index (χ0) is 17.5. The molecule has 0 aliphatic rings. The van der Waals surface area contributed by atoms with Crippen molar-refractivity contribution in [3.8, 4) is 0 Å². The molecule has 5 heteroatoms.